The molecule has 6 heteroatoms. The summed E-state index contributed by atoms with van der Waals surface area (Å²) in [5, 5.41) is 2.99. The van der Waals surface area contributed by atoms with Crippen LogP contribution in [0.25, 0.3) is 11.1 Å². The number of nitrogens with one attached hydrogen (secondary N) is 1. The zero-order valence-corrected chi connectivity index (χ0v) is 10.7. The molecule has 0 amide bonds. The van der Waals surface area contributed by atoms with Gasteiger partial charge in [0, 0.05) is 31.9 Å². The van der Waals surface area contributed by atoms with Gasteiger partial charge in [-0.15, -0.1) is 0 Å². The van der Waals surface area contributed by atoms with Crippen molar-refractivity contribution in [1.29, 1.82) is 0 Å². The SMILES string of the molecule is CNc1cc(N(C)c2ccc3ncoc3c2)ncn1. The number of hydrogen-bond donors (Lipinski definition) is 1. The molecule has 0 bridgehead atoms. The minimum absolute atomic E-state index is 0.757. The molecular formula is C13H13N5O. The fraction of sp³-hybridized carbons (Fsp3) is 0.154. The summed E-state index contributed by atoms with van der Waals surface area (Å²) in [5.41, 5.74) is 2.58. The Morgan fingerprint density at radius 2 is 2.05 bits per heavy atom. The zero-order chi connectivity index (χ0) is 13.2. The maximum absolute atomic E-state index is 5.31. The van der Waals surface area contributed by atoms with Crippen LogP contribution in [0, 0.1) is 0 Å². The van der Waals surface area contributed by atoms with Crippen LogP contribution in [0.2, 0.25) is 0 Å². The smallest absolute Gasteiger partial charge is 0.181 e. The Hall–Kier alpha value is -2.63. The summed E-state index contributed by atoms with van der Waals surface area (Å²) >= 11 is 0. The molecule has 0 saturated heterocycles. The molecule has 0 fully saturated rings. The molecule has 19 heavy (non-hydrogen) atoms. The Morgan fingerprint density at radius 1 is 1.16 bits per heavy atom. The van der Waals surface area contributed by atoms with Crippen LogP contribution in [0.5, 0.6) is 0 Å². The monoisotopic (exact) mass is 255 g/mol. The lowest BCUT2D eigenvalue weighted by Crippen LogP contribution is -2.11. The fourth-order valence-corrected chi connectivity index (χ4v) is 1.85. The summed E-state index contributed by atoms with van der Waals surface area (Å²) in [6.45, 7) is 0. The third-order valence-electron chi connectivity index (χ3n) is 2.95. The molecule has 0 spiro atoms. The average Bonchev–Trinajstić information content (AvgIpc) is 2.94. The van der Waals surface area contributed by atoms with Crippen molar-refractivity contribution in [2.75, 3.05) is 24.3 Å². The lowest BCUT2D eigenvalue weighted by Gasteiger charge is -2.18. The molecular weight excluding hydrogens is 242 g/mol. The van der Waals surface area contributed by atoms with E-state index < -0.39 is 0 Å². The number of nitrogens with zero attached hydrogens (tertiary/aromatic N) is 4. The standard InChI is InChI=1S/C13H13N5O/c1-14-12-6-13(16-7-15-12)18(2)9-3-4-10-11(5-9)19-8-17-10/h3-8H,1-2H3,(H,14,15,16). The highest BCUT2D eigenvalue weighted by atomic mass is 16.3. The van der Waals surface area contributed by atoms with Gasteiger partial charge in [-0.1, -0.05) is 0 Å². The summed E-state index contributed by atoms with van der Waals surface area (Å²) in [5.74, 6) is 1.58. The lowest BCUT2D eigenvalue weighted by molar-refractivity contribution is 0.602. The van der Waals surface area contributed by atoms with Crippen molar-refractivity contribution in [3.8, 4) is 0 Å². The van der Waals surface area contributed by atoms with Gasteiger partial charge in [-0.3, -0.25) is 0 Å². The average molecular weight is 255 g/mol. The molecule has 3 aromatic rings. The fourth-order valence-electron chi connectivity index (χ4n) is 1.85. The van der Waals surface area contributed by atoms with Gasteiger partial charge in [0.15, 0.2) is 12.0 Å². The van der Waals surface area contributed by atoms with Crippen LogP contribution in [0.1, 0.15) is 0 Å². The Balaban J connectivity index is 1.99. The summed E-state index contributed by atoms with van der Waals surface area (Å²) in [7, 11) is 3.77. The minimum atomic E-state index is 0.757. The Morgan fingerprint density at radius 3 is 2.89 bits per heavy atom. The molecule has 96 valence electrons. The van der Waals surface area contributed by atoms with Crippen molar-refractivity contribution < 1.29 is 4.42 Å². The van der Waals surface area contributed by atoms with E-state index in [0.29, 0.717) is 0 Å². The molecule has 2 aromatic heterocycles. The van der Waals surface area contributed by atoms with Gasteiger partial charge in [0.2, 0.25) is 0 Å². The van der Waals surface area contributed by atoms with Crippen LogP contribution in [0.15, 0.2) is 41.4 Å². The predicted molar refractivity (Wildman–Crippen MR) is 73.7 cm³/mol. The van der Waals surface area contributed by atoms with Gasteiger partial charge < -0.3 is 14.6 Å². The number of fused-ring (bicyclic) bond motifs is 1. The van der Waals surface area contributed by atoms with Gasteiger partial charge in [-0.05, 0) is 12.1 Å². The van der Waals surface area contributed by atoms with Gasteiger partial charge >= 0.3 is 0 Å². The first-order chi connectivity index (χ1) is 9.28. The third kappa shape index (κ3) is 2.08. The molecule has 1 N–H and O–H groups in total. The van der Waals surface area contributed by atoms with Gasteiger partial charge in [-0.25, -0.2) is 15.0 Å². The van der Waals surface area contributed by atoms with E-state index in [4.69, 9.17) is 4.42 Å². The number of anilines is 3. The molecule has 0 atom stereocenters. The molecule has 0 unspecified atom stereocenters. The van der Waals surface area contributed by atoms with Crippen molar-refractivity contribution >= 4 is 28.4 Å². The van der Waals surface area contributed by atoms with Crippen molar-refractivity contribution in [3.05, 3.63) is 37.0 Å². The summed E-state index contributed by atoms with van der Waals surface area (Å²) in [6.07, 6.45) is 2.98. The number of hydrogen-bond acceptors (Lipinski definition) is 6. The van der Waals surface area contributed by atoms with Crippen molar-refractivity contribution in [1.82, 2.24) is 15.0 Å². The molecule has 0 radical (unpaired) electrons. The summed E-state index contributed by atoms with van der Waals surface area (Å²) < 4.78 is 5.31. The van der Waals surface area contributed by atoms with Crippen LogP contribution < -0.4 is 10.2 Å². The van der Waals surface area contributed by atoms with Crippen LogP contribution in [0.3, 0.4) is 0 Å². The number of oxazole rings is 1. The molecule has 2 heterocycles. The van der Waals surface area contributed by atoms with Crippen LogP contribution in [0.4, 0.5) is 17.3 Å². The Labute approximate surface area is 110 Å². The molecule has 0 saturated carbocycles. The van der Waals surface area contributed by atoms with Crippen LogP contribution in [-0.2, 0) is 0 Å². The van der Waals surface area contributed by atoms with E-state index in [1.807, 2.05) is 43.3 Å². The summed E-state index contributed by atoms with van der Waals surface area (Å²) in [6, 6.07) is 7.71. The minimum Gasteiger partial charge on any atom is -0.443 e. The van der Waals surface area contributed by atoms with E-state index in [1.54, 1.807) is 0 Å². The maximum atomic E-state index is 5.31. The first-order valence-electron chi connectivity index (χ1n) is 5.85. The quantitative estimate of drug-likeness (QED) is 0.775. The van der Waals surface area contributed by atoms with E-state index in [-0.39, 0.29) is 0 Å². The highest BCUT2D eigenvalue weighted by Crippen LogP contribution is 2.26. The van der Waals surface area contributed by atoms with Crippen LogP contribution in [-0.4, -0.2) is 29.0 Å². The van der Waals surface area contributed by atoms with Gasteiger partial charge in [0.05, 0.1) is 0 Å². The lowest BCUT2D eigenvalue weighted by atomic mass is 10.2. The van der Waals surface area contributed by atoms with E-state index in [0.717, 1.165) is 28.4 Å². The van der Waals surface area contributed by atoms with Crippen LogP contribution >= 0.6 is 0 Å². The molecule has 0 aliphatic carbocycles. The second-order valence-electron chi connectivity index (χ2n) is 4.07. The largest absolute Gasteiger partial charge is 0.443 e. The highest BCUT2D eigenvalue weighted by molar-refractivity contribution is 5.78. The number of benzene rings is 1. The third-order valence-corrected chi connectivity index (χ3v) is 2.95. The van der Waals surface area contributed by atoms with E-state index in [9.17, 15) is 0 Å². The first-order valence-corrected chi connectivity index (χ1v) is 5.85. The van der Waals surface area contributed by atoms with E-state index >= 15 is 0 Å². The normalized spacial score (nSPS) is 10.6. The molecule has 6 nitrogen and oxygen atoms in total. The number of rotatable bonds is 3. The van der Waals surface area contributed by atoms with E-state index in [2.05, 4.69) is 20.3 Å². The zero-order valence-electron chi connectivity index (χ0n) is 10.7. The predicted octanol–water partition coefficient (Wildman–Crippen LogP) is 2.43. The highest BCUT2D eigenvalue weighted by Gasteiger charge is 2.08. The van der Waals surface area contributed by atoms with Crippen molar-refractivity contribution in [3.63, 3.8) is 0 Å². The molecule has 0 aliphatic rings. The molecule has 0 aliphatic heterocycles. The Kier molecular flexibility index (Phi) is 2.75. The van der Waals surface area contributed by atoms with Gasteiger partial charge in [0.1, 0.15) is 23.5 Å². The topological polar surface area (TPSA) is 67.1 Å². The Bertz CT molecular complexity index is 709. The van der Waals surface area contributed by atoms with Gasteiger partial charge in [0.25, 0.3) is 0 Å². The second-order valence-corrected chi connectivity index (χ2v) is 4.07. The summed E-state index contributed by atoms with van der Waals surface area (Å²) in [4.78, 5) is 14.4. The van der Waals surface area contributed by atoms with E-state index in [1.165, 1.54) is 12.7 Å². The molecule has 3 rings (SSSR count). The van der Waals surface area contributed by atoms with Crippen molar-refractivity contribution in [2.24, 2.45) is 0 Å². The molecule has 1 aromatic carbocycles. The first kappa shape index (κ1) is 11.5. The van der Waals surface area contributed by atoms with Gasteiger partial charge in [-0.2, -0.15) is 0 Å². The second kappa shape index (κ2) is 4.56. The maximum Gasteiger partial charge on any atom is 0.181 e. The number of aromatic nitrogens is 3. The van der Waals surface area contributed by atoms with Crippen molar-refractivity contribution in [2.45, 2.75) is 0 Å².